The van der Waals surface area contributed by atoms with E-state index in [1.807, 2.05) is 29.2 Å². The second-order valence-corrected chi connectivity index (χ2v) is 5.48. The Labute approximate surface area is 118 Å². The smallest absolute Gasteiger partial charge is 0.317 e. The van der Waals surface area contributed by atoms with Crippen LogP contribution in [0.15, 0.2) is 24.3 Å². The summed E-state index contributed by atoms with van der Waals surface area (Å²) in [5.41, 5.74) is 7.24. The number of piperazine rings is 1. The van der Waals surface area contributed by atoms with E-state index in [1.165, 1.54) is 0 Å². The maximum Gasteiger partial charge on any atom is 0.317 e. The first-order valence-corrected chi connectivity index (χ1v) is 6.94. The second kappa shape index (κ2) is 5.30. The number of nitrogen functional groups attached to an aromatic ring is 1. The highest BCUT2D eigenvalue weighted by Crippen LogP contribution is 2.20. The molecule has 0 bridgehead atoms. The first kappa shape index (κ1) is 13.2. The summed E-state index contributed by atoms with van der Waals surface area (Å²) in [7, 11) is 0. The number of hydrogen-bond donors (Lipinski definition) is 3. The molecule has 2 saturated heterocycles. The molecule has 1 aromatic rings. The SMILES string of the molecule is Nc1cccc(C(O)CN2CCN3C(=O)NCC3C2)c1. The van der Waals surface area contributed by atoms with Gasteiger partial charge >= 0.3 is 6.03 Å². The molecular weight excluding hydrogens is 256 g/mol. The van der Waals surface area contributed by atoms with Gasteiger partial charge in [-0.25, -0.2) is 4.79 Å². The molecule has 2 heterocycles. The lowest BCUT2D eigenvalue weighted by atomic mass is 10.1. The van der Waals surface area contributed by atoms with E-state index < -0.39 is 6.10 Å². The molecular formula is C14H20N4O2. The van der Waals surface area contributed by atoms with Crippen molar-refractivity contribution in [1.29, 1.82) is 0 Å². The van der Waals surface area contributed by atoms with Gasteiger partial charge in [0.2, 0.25) is 0 Å². The van der Waals surface area contributed by atoms with Crippen molar-refractivity contribution >= 4 is 11.7 Å². The lowest BCUT2D eigenvalue weighted by Crippen LogP contribution is -2.52. The van der Waals surface area contributed by atoms with Crippen LogP contribution in [-0.2, 0) is 0 Å². The number of nitrogens with two attached hydrogens (primary N) is 1. The Kier molecular flexibility index (Phi) is 3.50. The van der Waals surface area contributed by atoms with Gasteiger partial charge in [0.25, 0.3) is 0 Å². The number of aliphatic hydroxyl groups excluding tert-OH is 1. The van der Waals surface area contributed by atoms with Gasteiger partial charge in [-0.3, -0.25) is 4.90 Å². The standard InChI is InChI=1S/C14H20N4O2/c15-11-3-1-2-10(6-11)13(19)9-17-4-5-18-12(8-17)7-16-14(18)20/h1-3,6,12-13,19H,4-5,7-9,15H2,(H,16,20). The number of nitrogens with zero attached hydrogens (tertiary/aromatic N) is 2. The molecule has 2 unspecified atom stereocenters. The van der Waals surface area contributed by atoms with Gasteiger partial charge in [-0.2, -0.15) is 0 Å². The number of aliphatic hydroxyl groups is 1. The summed E-state index contributed by atoms with van der Waals surface area (Å²) in [6.45, 7) is 3.59. The number of carbonyl (C=O) groups is 1. The Bertz CT molecular complexity index is 508. The van der Waals surface area contributed by atoms with E-state index in [2.05, 4.69) is 10.2 Å². The Morgan fingerprint density at radius 2 is 2.30 bits per heavy atom. The van der Waals surface area contributed by atoms with Crippen LogP contribution in [0.25, 0.3) is 0 Å². The summed E-state index contributed by atoms with van der Waals surface area (Å²) in [6, 6.07) is 7.62. The topological polar surface area (TPSA) is 81.8 Å². The fourth-order valence-electron chi connectivity index (χ4n) is 2.95. The molecule has 4 N–H and O–H groups in total. The molecule has 2 atom stereocenters. The predicted molar refractivity (Wildman–Crippen MR) is 76.1 cm³/mol. The summed E-state index contributed by atoms with van der Waals surface area (Å²) in [5.74, 6) is 0. The molecule has 2 fully saturated rings. The van der Waals surface area contributed by atoms with E-state index in [0.29, 0.717) is 18.8 Å². The quantitative estimate of drug-likeness (QED) is 0.679. The van der Waals surface area contributed by atoms with Crippen molar-refractivity contribution in [3.63, 3.8) is 0 Å². The largest absolute Gasteiger partial charge is 0.399 e. The van der Waals surface area contributed by atoms with Gasteiger partial charge in [-0.05, 0) is 17.7 Å². The zero-order chi connectivity index (χ0) is 14.1. The molecule has 6 nitrogen and oxygen atoms in total. The molecule has 108 valence electrons. The van der Waals surface area contributed by atoms with Crippen LogP contribution in [0.5, 0.6) is 0 Å². The summed E-state index contributed by atoms with van der Waals surface area (Å²) >= 11 is 0. The van der Waals surface area contributed by atoms with Crippen molar-refractivity contribution in [1.82, 2.24) is 15.1 Å². The molecule has 2 aliphatic heterocycles. The van der Waals surface area contributed by atoms with Gasteiger partial charge < -0.3 is 21.1 Å². The number of β-amino-alcohol motifs (C(OH)–C–C–N with tert-alkyl or cyclic N) is 1. The number of hydrogen-bond acceptors (Lipinski definition) is 4. The third-order valence-electron chi connectivity index (χ3n) is 4.04. The van der Waals surface area contributed by atoms with Crippen LogP contribution in [0, 0.1) is 0 Å². The number of urea groups is 1. The highest BCUT2D eigenvalue weighted by molar-refractivity contribution is 5.77. The molecule has 0 saturated carbocycles. The molecule has 0 aliphatic carbocycles. The van der Waals surface area contributed by atoms with Crippen LogP contribution in [0.4, 0.5) is 10.5 Å². The van der Waals surface area contributed by atoms with E-state index in [-0.39, 0.29) is 12.1 Å². The number of fused-ring (bicyclic) bond motifs is 1. The third kappa shape index (κ3) is 2.57. The number of anilines is 1. The normalized spacial score (nSPS) is 24.4. The predicted octanol–water partition coefficient (Wildman–Crippen LogP) is 0.0116. The van der Waals surface area contributed by atoms with E-state index >= 15 is 0 Å². The van der Waals surface area contributed by atoms with Crippen molar-refractivity contribution in [2.24, 2.45) is 0 Å². The minimum absolute atomic E-state index is 0.0334. The van der Waals surface area contributed by atoms with Crippen molar-refractivity contribution in [2.45, 2.75) is 12.1 Å². The van der Waals surface area contributed by atoms with E-state index in [0.717, 1.165) is 25.2 Å². The van der Waals surface area contributed by atoms with Crippen LogP contribution in [-0.4, -0.2) is 59.7 Å². The Morgan fingerprint density at radius 1 is 1.45 bits per heavy atom. The van der Waals surface area contributed by atoms with E-state index in [1.54, 1.807) is 0 Å². The highest BCUT2D eigenvalue weighted by atomic mass is 16.3. The molecule has 2 amide bonds. The maximum atomic E-state index is 11.5. The van der Waals surface area contributed by atoms with Gasteiger partial charge in [0.1, 0.15) is 0 Å². The highest BCUT2D eigenvalue weighted by Gasteiger charge is 2.35. The number of benzene rings is 1. The van der Waals surface area contributed by atoms with Crippen LogP contribution in [0.3, 0.4) is 0 Å². The van der Waals surface area contributed by atoms with Crippen molar-refractivity contribution in [3.8, 4) is 0 Å². The molecule has 2 aliphatic rings. The van der Waals surface area contributed by atoms with Crippen molar-refractivity contribution < 1.29 is 9.90 Å². The molecule has 0 aromatic heterocycles. The van der Waals surface area contributed by atoms with Gasteiger partial charge in [-0.1, -0.05) is 12.1 Å². The fourth-order valence-corrected chi connectivity index (χ4v) is 2.95. The Balaban J connectivity index is 1.60. The van der Waals surface area contributed by atoms with Crippen molar-refractivity contribution in [2.75, 3.05) is 38.5 Å². The second-order valence-electron chi connectivity index (χ2n) is 5.48. The lowest BCUT2D eigenvalue weighted by Gasteiger charge is -2.37. The number of carbonyl (C=O) groups excluding carboxylic acids is 1. The first-order chi connectivity index (χ1) is 9.63. The summed E-state index contributed by atoms with van der Waals surface area (Å²) in [6.07, 6.45) is -0.546. The summed E-state index contributed by atoms with van der Waals surface area (Å²) < 4.78 is 0. The van der Waals surface area contributed by atoms with Crippen LogP contribution < -0.4 is 11.1 Å². The van der Waals surface area contributed by atoms with Crippen LogP contribution in [0.1, 0.15) is 11.7 Å². The lowest BCUT2D eigenvalue weighted by molar-refractivity contribution is 0.0680. The Hall–Kier alpha value is -1.79. The number of amides is 2. The number of rotatable bonds is 3. The zero-order valence-corrected chi connectivity index (χ0v) is 11.3. The number of nitrogens with one attached hydrogen (secondary N) is 1. The monoisotopic (exact) mass is 276 g/mol. The first-order valence-electron chi connectivity index (χ1n) is 6.94. The van der Waals surface area contributed by atoms with Gasteiger partial charge in [0.15, 0.2) is 0 Å². The summed E-state index contributed by atoms with van der Waals surface area (Å²) in [4.78, 5) is 15.6. The Morgan fingerprint density at radius 3 is 3.10 bits per heavy atom. The molecule has 6 heteroatoms. The van der Waals surface area contributed by atoms with E-state index in [9.17, 15) is 9.90 Å². The average Bonchev–Trinajstić information content (AvgIpc) is 2.80. The minimum atomic E-state index is -0.546. The van der Waals surface area contributed by atoms with E-state index in [4.69, 9.17) is 5.73 Å². The van der Waals surface area contributed by atoms with Gasteiger partial charge in [-0.15, -0.1) is 0 Å². The third-order valence-corrected chi connectivity index (χ3v) is 4.04. The van der Waals surface area contributed by atoms with Gasteiger partial charge in [0, 0.05) is 38.4 Å². The fraction of sp³-hybridized carbons (Fsp3) is 0.500. The van der Waals surface area contributed by atoms with Crippen LogP contribution in [0.2, 0.25) is 0 Å². The zero-order valence-electron chi connectivity index (χ0n) is 11.3. The minimum Gasteiger partial charge on any atom is -0.399 e. The van der Waals surface area contributed by atoms with Crippen molar-refractivity contribution in [3.05, 3.63) is 29.8 Å². The molecule has 1 aromatic carbocycles. The molecule has 0 radical (unpaired) electrons. The average molecular weight is 276 g/mol. The molecule has 0 spiro atoms. The van der Waals surface area contributed by atoms with Crippen LogP contribution >= 0.6 is 0 Å². The summed E-state index contributed by atoms with van der Waals surface area (Å²) in [5, 5.41) is 13.2. The maximum absolute atomic E-state index is 11.5. The van der Waals surface area contributed by atoms with Gasteiger partial charge in [0.05, 0.1) is 12.1 Å². The molecule has 20 heavy (non-hydrogen) atoms. The molecule has 3 rings (SSSR count).